The molecule has 3 aromatic rings. The Hall–Kier alpha value is -3.05. The fraction of sp³-hybridized carbons (Fsp3) is 0.414. The van der Waals surface area contributed by atoms with Crippen LogP contribution in [0.1, 0.15) is 55.2 Å². The number of aromatic nitrogens is 1. The summed E-state index contributed by atoms with van der Waals surface area (Å²) in [5, 5.41) is 4.09. The Morgan fingerprint density at radius 3 is 2.53 bits per heavy atom. The molecule has 1 amide bonds. The van der Waals surface area contributed by atoms with Crippen LogP contribution in [0.3, 0.4) is 0 Å². The smallest absolute Gasteiger partial charge is 0.268 e. The van der Waals surface area contributed by atoms with E-state index < -0.39 is 0 Å². The van der Waals surface area contributed by atoms with Gasteiger partial charge in [-0.25, -0.2) is 0 Å². The number of hydrogen-bond donors (Lipinski definition) is 1. The first-order chi connectivity index (χ1) is 16.4. The predicted octanol–water partition coefficient (Wildman–Crippen LogP) is 5.38. The van der Waals surface area contributed by atoms with E-state index in [0.29, 0.717) is 25.4 Å². The molecule has 1 fully saturated rings. The minimum Gasteiger partial charge on any atom is -0.489 e. The van der Waals surface area contributed by atoms with Crippen LogP contribution in [-0.4, -0.2) is 48.2 Å². The number of hydrogen-bond acceptors (Lipinski definition) is 3. The summed E-state index contributed by atoms with van der Waals surface area (Å²) in [6.45, 7) is 15.3. The molecule has 2 heterocycles. The minimum atomic E-state index is -0.0450. The number of amides is 1. The van der Waals surface area contributed by atoms with Gasteiger partial charge in [-0.3, -0.25) is 4.79 Å². The second-order valence-electron chi connectivity index (χ2n) is 10.2. The van der Waals surface area contributed by atoms with Crippen LogP contribution >= 0.6 is 0 Å². The summed E-state index contributed by atoms with van der Waals surface area (Å²) in [6.07, 6.45) is 4.24. The van der Waals surface area contributed by atoms with Crippen molar-refractivity contribution in [2.24, 2.45) is 0 Å². The fourth-order valence-corrected chi connectivity index (χ4v) is 4.61. The van der Waals surface area contributed by atoms with E-state index in [0.717, 1.165) is 41.9 Å². The van der Waals surface area contributed by atoms with Crippen LogP contribution in [0, 0.1) is 0 Å². The maximum atomic E-state index is 13.3. The van der Waals surface area contributed by atoms with Crippen molar-refractivity contribution in [3.8, 4) is 5.75 Å². The predicted molar refractivity (Wildman–Crippen MR) is 140 cm³/mol. The van der Waals surface area contributed by atoms with E-state index in [1.54, 1.807) is 6.08 Å². The van der Waals surface area contributed by atoms with Crippen molar-refractivity contribution in [3.63, 3.8) is 0 Å². The summed E-state index contributed by atoms with van der Waals surface area (Å²) in [5.41, 5.74) is 4.22. The normalized spacial score (nSPS) is 14.4. The SMILES string of the molecule is C=CCOc1cccc2c1cc(C(=O)NCCN1CCCC1)n2Cc1ccc(C(C)(C)C)cc1. The van der Waals surface area contributed by atoms with Crippen molar-refractivity contribution in [1.82, 2.24) is 14.8 Å². The Morgan fingerprint density at radius 1 is 1.12 bits per heavy atom. The monoisotopic (exact) mass is 459 g/mol. The molecule has 0 radical (unpaired) electrons. The first-order valence-electron chi connectivity index (χ1n) is 12.3. The molecular weight excluding hydrogens is 422 g/mol. The topological polar surface area (TPSA) is 46.5 Å². The highest BCUT2D eigenvalue weighted by Crippen LogP contribution is 2.30. The van der Waals surface area contributed by atoms with E-state index >= 15 is 0 Å². The van der Waals surface area contributed by atoms with Gasteiger partial charge in [-0.1, -0.05) is 63.8 Å². The maximum Gasteiger partial charge on any atom is 0.268 e. The highest BCUT2D eigenvalue weighted by Gasteiger charge is 2.19. The quantitative estimate of drug-likeness (QED) is 0.437. The second-order valence-corrected chi connectivity index (χ2v) is 10.2. The fourth-order valence-electron chi connectivity index (χ4n) is 4.61. The molecule has 0 saturated carbocycles. The van der Waals surface area contributed by atoms with Crippen LogP contribution in [0.4, 0.5) is 0 Å². The summed E-state index contributed by atoms with van der Waals surface area (Å²) in [5.74, 6) is 0.724. The zero-order valence-electron chi connectivity index (χ0n) is 20.8. The van der Waals surface area contributed by atoms with Gasteiger partial charge in [0.15, 0.2) is 0 Å². The van der Waals surface area contributed by atoms with Crippen molar-refractivity contribution >= 4 is 16.8 Å². The van der Waals surface area contributed by atoms with Crippen molar-refractivity contribution < 1.29 is 9.53 Å². The molecule has 0 aliphatic carbocycles. The lowest BCUT2D eigenvalue weighted by Gasteiger charge is -2.19. The number of carbonyl (C=O) groups is 1. The molecule has 0 unspecified atom stereocenters. The molecule has 5 heteroatoms. The lowest BCUT2D eigenvalue weighted by Crippen LogP contribution is -2.34. The van der Waals surface area contributed by atoms with E-state index in [4.69, 9.17) is 4.74 Å². The molecule has 4 rings (SSSR count). The van der Waals surface area contributed by atoms with Crippen LogP contribution in [0.25, 0.3) is 10.9 Å². The standard InChI is InChI=1S/C29H37N3O2/c1-5-19-34-27-10-8-9-25-24(27)20-26(28(33)30-15-18-31-16-6-7-17-31)32(25)21-22-11-13-23(14-12-22)29(2,3)4/h5,8-14,20H,1,6-7,15-19,21H2,2-4H3,(H,30,33). The largest absolute Gasteiger partial charge is 0.489 e. The van der Waals surface area contributed by atoms with Crippen LogP contribution in [0.2, 0.25) is 0 Å². The van der Waals surface area contributed by atoms with Gasteiger partial charge in [0.25, 0.3) is 5.91 Å². The second kappa shape index (κ2) is 10.5. The number of rotatable bonds is 9. The summed E-state index contributed by atoms with van der Waals surface area (Å²) < 4.78 is 8.00. The van der Waals surface area contributed by atoms with Gasteiger partial charge in [-0.15, -0.1) is 0 Å². The van der Waals surface area contributed by atoms with E-state index in [-0.39, 0.29) is 11.3 Å². The average molecular weight is 460 g/mol. The zero-order valence-corrected chi connectivity index (χ0v) is 20.8. The lowest BCUT2D eigenvalue weighted by molar-refractivity contribution is 0.0941. The zero-order chi connectivity index (χ0) is 24.1. The molecule has 0 spiro atoms. The Labute approximate surface area is 203 Å². The number of nitrogens with one attached hydrogen (secondary N) is 1. The van der Waals surface area contributed by atoms with Gasteiger partial charge in [0.05, 0.1) is 5.52 Å². The van der Waals surface area contributed by atoms with E-state index in [2.05, 4.69) is 72.5 Å². The Morgan fingerprint density at radius 2 is 1.85 bits per heavy atom. The summed E-state index contributed by atoms with van der Waals surface area (Å²) >= 11 is 0. The number of ether oxygens (including phenoxy) is 1. The summed E-state index contributed by atoms with van der Waals surface area (Å²) in [7, 11) is 0. The van der Waals surface area contributed by atoms with E-state index in [1.165, 1.54) is 18.4 Å². The number of likely N-dealkylation sites (tertiary alicyclic amines) is 1. The molecule has 2 aromatic carbocycles. The molecule has 1 aliphatic rings. The first-order valence-corrected chi connectivity index (χ1v) is 12.3. The van der Waals surface area contributed by atoms with Gasteiger partial charge in [-0.05, 0) is 60.7 Å². The summed E-state index contributed by atoms with van der Waals surface area (Å²) in [4.78, 5) is 15.7. The van der Waals surface area contributed by atoms with Crippen LogP contribution in [0.5, 0.6) is 5.75 Å². The Bertz CT molecular complexity index is 1130. The van der Waals surface area contributed by atoms with Crippen molar-refractivity contribution in [3.05, 3.63) is 78.0 Å². The molecule has 1 saturated heterocycles. The van der Waals surface area contributed by atoms with E-state index in [1.807, 2.05) is 18.2 Å². The third-order valence-electron chi connectivity index (χ3n) is 6.57. The van der Waals surface area contributed by atoms with Crippen molar-refractivity contribution in [2.75, 3.05) is 32.8 Å². The highest BCUT2D eigenvalue weighted by molar-refractivity contribution is 6.00. The van der Waals surface area contributed by atoms with Gasteiger partial charge >= 0.3 is 0 Å². The summed E-state index contributed by atoms with van der Waals surface area (Å²) in [6, 6.07) is 16.7. The van der Waals surface area contributed by atoms with Gasteiger partial charge in [0.1, 0.15) is 18.1 Å². The molecule has 0 atom stereocenters. The van der Waals surface area contributed by atoms with Crippen LogP contribution in [-0.2, 0) is 12.0 Å². The maximum absolute atomic E-state index is 13.3. The molecule has 1 N–H and O–H groups in total. The third kappa shape index (κ3) is 5.53. The minimum absolute atomic E-state index is 0.0450. The number of nitrogens with zero attached hydrogens (tertiary/aromatic N) is 2. The number of carbonyl (C=O) groups excluding carboxylic acids is 1. The molecule has 34 heavy (non-hydrogen) atoms. The lowest BCUT2D eigenvalue weighted by atomic mass is 9.87. The number of benzene rings is 2. The van der Waals surface area contributed by atoms with Crippen molar-refractivity contribution in [1.29, 1.82) is 0 Å². The average Bonchev–Trinajstić information content (AvgIpc) is 3.46. The van der Waals surface area contributed by atoms with E-state index in [9.17, 15) is 4.79 Å². The molecule has 5 nitrogen and oxygen atoms in total. The van der Waals surface area contributed by atoms with Crippen molar-refractivity contribution in [2.45, 2.75) is 45.6 Å². The molecular formula is C29H37N3O2. The van der Waals surface area contributed by atoms with Gasteiger partial charge < -0.3 is 19.5 Å². The molecule has 1 aromatic heterocycles. The van der Waals surface area contributed by atoms with Gasteiger partial charge in [0, 0.05) is 25.0 Å². The Balaban J connectivity index is 1.63. The first kappa shape index (κ1) is 24.1. The van der Waals surface area contributed by atoms with Crippen LogP contribution < -0.4 is 10.1 Å². The molecule has 1 aliphatic heterocycles. The number of fused-ring (bicyclic) bond motifs is 1. The Kier molecular flexibility index (Phi) is 7.42. The van der Waals surface area contributed by atoms with Gasteiger partial charge in [-0.2, -0.15) is 0 Å². The molecule has 0 bridgehead atoms. The molecule has 180 valence electrons. The highest BCUT2D eigenvalue weighted by atomic mass is 16.5. The third-order valence-corrected chi connectivity index (χ3v) is 6.57. The van der Waals surface area contributed by atoms with Gasteiger partial charge in [0.2, 0.25) is 0 Å². The van der Waals surface area contributed by atoms with Crippen LogP contribution in [0.15, 0.2) is 61.2 Å².